The molecule has 24 heavy (non-hydrogen) atoms. The van der Waals surface area contributed by atoms with Gasteiger partial charge in [-0.1, -0.05) is 13.8 Å². The van der Waals surface area contributed by atoms with E-state index in [0.29, 0.717) is 12.6 Å². The summed E-state index contributed by atoms with van der Waals surface area (Å²) in [6.07, 6.45) is 3.60. The van der Waals surface area contributed by atoms with Gasteiger partial charge < -0.3 is 19.5 Å². The van der Waals surface area contributed by atoms with Gasteiger partial charge in [0.25, 0.3) is 6.43 Å². The van der Waals surface area contributed by atoms with E-state index in [9.17, 15) is 13.6 Å². The summed E-state index contributed by atoms with van der Waals surface area (Å²) in [5.41, 5.74) is -0.0402. The number of likely N-dealkylation sites (tertiary alicyclic amines) is 1. The van der Waals surface area contributed by atoms with Gasteiger partial charge in [0, 0.05) is 36.9 Å². The molecule has 6 nitrogen and oxygen atoms in total. The molecule has 2 aliphatic rings. The van der Waals surface area contributed by atoms with Crippen molar-refractivity contribution in [3.05, 3.63) is 18.2 Å². The first-order valence-electron chi connectivity index (χ1n) is 8.33. The van der Waals surface area contributed by atoms with Gasteiger partial charge in [0.05, 0.1) is 12.6 Å². The number of alkyl halides is 2. The van der Waals surface area contributed by atoms with Crippen LogP contribution in [0.5, 0.6) is 0 Å². The molecule has 1 aliphatic carbocycles. The van der Waals surface area contributed by atoms with Crippen LogP contribution in [0.2, 0.25) is 0 Å². The molecule has 1 aromatic rings. The number of nitrogens with zero attached hydrogens (tertiary/aromatic N) is 3. The zero-order valence-corrected chi connectivity index (χ0v) is 14.0. The van der Waals surface area contributed by atoms with Crippen LogP contribution in [0.15, 0.2) is 12.4 Å². The van der Waals surface area contributed by atoms with E-state index in [4.69, 9.17) is 4.74 Å². The van der Waals surface area contributed by atoms with Gasteiger partial charge in [0.2, 0.25) is 0 Å². The van der Waals surface area contributed by atoms with E-state index in [1.807, 2.05) is 6.20 Å². The second-order valence-corrected chi connectivity index (χ2v) is 7.14. The van der Waals surface area contributed by atoms with Crippen LogP contribution in [0.1, 0.15) is 44.6 Å². The number of carbonyl (C=O) groups excluding carboxylic acids is 1. The van der Waals surface area contributed by atoms with Gasteiger partial charge in [-0.05, 0) is 12.8 Å². The number of hydrogen-bond donors (Lipinski definition) is 1. The Morgan fingerprint density at radius 3 is 2.88 bits per heavy atom. The molecular formula is C16H24F2N4O2. The van der Waals surface area contributed by atoms with Crippen molar-refractivity contribution in [2.75, 3.05) is 26.3 Å². The number of amides is 2. The lowest BCUT2D eigenvalue weighted by Gasteiger charge is -2.53. The zero-order valence-electron chi connectivity index (χ0n) is 14.0. The van der Waals surface area contributed by atoms with Gasteiger partial charge in [-0.2, -0.15) is 0 Å². The predicted molar refractivity (Wildman–Crippen MR) is 83.9 cm³/mol. The molecule has 2 heterocycles. The maximum atomic E-state index is 12.4. The largest absolute Gasteiger partial charge is 0.374 e. The van der Waals surface area contributed by atoms with Gasteiger partial charge in [0.1, 0.15) is 12.4 Å². The van der Waals surface area contributed by atoms with E-state index in [0.717, 1.165) is 18.7 Å². The average molecular weight is 342 g/mol. The molecule has 0 radical (unpaired) electrons. The van der Waals surface area contributed by atoms with Crippen molar-refractivity contribution in [3.8, 4) is 0 Å². The van der Waals surface area contributed by atoms with Crippen molar-refractivity contribution in [2.45, 2.75) is 45.2 Å². The predicted octanol–water partition coefficient (Wildman–Crippen LogP) is 2.59. The number of carbonyl (C=O) groups is 1. The van der Waals surface area contributed by atoms with Crippen LogP contribution in [-0.2, 0) is 4.74 Å². The van der Waals surface area contributed by atoms with E-state index >= 15 is 0 Å². The Kier molecular flexibility index (Phi) is 4.76. The van der Waals surface area contributed by atoms with Crippen LogP contribution in [0.4, 0.5) is 13.6 Å². The van der Waals surface area contributed by atoms with E-state index in [1.54, 1.807) is 11.1 Å². The summed E-state index contributed by atoms with van der Waals surface area (Å²) in [6, 6.07) is 0.229. The molecule has 134 valence electrons. The second-order valence-electron chi connectivity index (χ2n) is 7.14. The summed E-state index contributed by atoms with van der Waals surface area (Å²) in [5.74, 6) is 0.929. The summed E-state index contributed by atoms with van der Waals surface area (Å²) in [5, 5.41) is 2.73. The Labute approximate surface area is 140 Å². The van der Waals surface area contributed by atoms with Crippen LogP contribution >= 0.6 is 0 Å². The number of aromatic nitrogens is 2. The lowest BCUT2D eigenvalue weighted by atomic mass is 9.74. The van der Waals surface area contributed by atoms with Crippen molar-refractivity contribution in [3.63, 3.8) is 0 Å². The molecule has 0 spiro atoms. The summed E-state index contributed by atoms with van der Waals surface area (Å²) < 4.78 is 30.9. The Balaban J connectivity index is 1.57. The van der Waals surface area contributed by atoms with Gasteiger partial charge in [-0.15, -0.1) is 0 Å². The van der Waals surface area contributed by atoms with Crippen LogP contribution in [0, 0.1) is 5.41 Å². The maximum absolute atomic E-state index is 12.4. The third-order valence-corrected chi connectivity index (χ3v) is 4.54. The van der Waals surface area contributed by atoms with Crippen molar-refractivity contribution in [2.24, 2.45) is 5.41 Å². The third kappa shape index (κ3) is 3.53. The van der Waals surface area contributed by atoms with Gasteiger partial charge >= 0.3 is 6.03 Å². The number of halogens is 2. The fourth-order valence-electron chi connectivity index (χ4n) is 3.31. The van der Waals surface area contributed by atoms with Gasteiger partial charge in [0.15, 0.2) is 0 Å². The molecule has 1 unspecified atom stereocenters. The number of rotatable bonds is 7. The number of ether oxygens (including phenoxy) is 1. The van der Waals surface area contributed by atoms with Crippen LogP contribution < -0.4 is 5.32 Å². The van der Waals surface area contributed by atoms with E-state index in [1.165, 1.54) is 0 Å². The first-order valence-corrected chi connectivity index (χ1v) is 8.33. The van der Waals surface area contributed by atoms with Gasteiger partial charge in [-0.3, -0.25) is 0 Å². The average Bonchev–Trinajstić information content (AvgIpc) is 3.24. The molecule has 0 aromatic carbocycles. The first-order chi connectivity index (χ1) is 11.4. The van der Waals surface area contributed by atoms with Crippen molar-refractivity contribution < 1.29 is 18.3 Å². The highest BCUT2D eigenvalue weighted by atomic mass is 19.3. The maximum Gasteiger partial charge on any atom is 0.318 e. The topological polar surface area (TPSA) is 59.4 Å². The molecule has 8 heteroatoms. The third-order valence-electron chi connectivity index (χ3n) is 4.54. The summed E-state index contributed by atoms with van der Waals surface area (Å²) in [6.45, 7) is 4.58. The quantitative estimate of drug-likeness (QED) is 0.775. The minimum atomic E-state index is -2.48. The standard InChI is InChI=1S/C16H24F2N4O2/c1-16(2)10-22(15(23)20-6-8-24-9-12(17)18)13(16)14-19-5-7-21(14)11-3-4-11/h5,7,11-13H,3-4,6,8-10H2,1-2H3,(H,20,23). The molecule has 1 N–H and O–H groups in total. The molecule has 2 fully saturated rings. The Morgan fingerprint density at radius 2 is 2.25 bits per heavy atom. The minimum Gasteiger partial charge on any atom is -0.374 e. The first kappa shape index (κ1) is 17.1. The molecule has 1 atom stereocenters. The summed E-state index contributed by atoms with van der Waals surface area (Å²) in [4.78, 5) is 18.6. The molecule has 2 amide bonds. The van der Waals surface area contributed by atoms with E-state index in [-0.39, 0.29) is 30.6 Å². The number of hydrogen-bond acceptors (Lipinski definition) is 3. The molecule has 0 bridgehead atoms. The highest BCUT2D eigenvalue weighted by Gasteiger charge is 2.51. The molecule has 1 aromatic heterocycles. The van der Waals surface area contributed by atoms with E-state index in [2.05, 4.69) is 28.7 Å². The normalized spacial score (nSPS) is 22.5. The smallest absolute Gasteiger partial charge is 0.318 e. The SMILES string of the molecule is CC1(C)CN(C(=O)NCCOCC(F)F)C1c1nccn1C1CC1. The Morgan fingerprint density at radius 1 is 1.50 bits per heavy atom. The minimum absolute atomic E-state index is 0.0402. The lowest BCUT2D eigenvalue weighted by Crippen LogP contribution is -2.61. The number of imidazole rings is 1. The molecule has 1 aliphatic heterocycles. The second kappa shape index (κ2) is 6.66. The van der Waals surface area contributed by atoms with Gasteiger partial charge in [-0.25, -0.2) is 18.6 Å². The van der Waals surface area contributed by atoms with Crippen molar-refractivity contribution >= 4 is 6.03 Å². The molecule has 1 saturated heterocycles. The fraction of sp³-hybridized carbons (Fsp3) is 0.750. The van der Waals surface area contributed by atoms with Crippen LogP contribution in [0.3, 0.4) is 0 Å². The molecular weight excluding hydrogens is 318 g/mol. The van der Waals surface area contributed by atoms with Crippen LogP contribution in [-0.4, -0.2) is 53.2 Å². The molecule has 1 saturated carbocycles. The number of nitrogens with one attached hydrogen (secondary N) is 1. The number of urea groups is 1. The van der Waals surface area contributed by atoms with Crippen molar-refractivity contribution in [1.82, 2.24) is 19.8 Å². The zero-order chi connectivity index (χ0) is 17.3. The lowest BCUT2D eigenvalue weighted by molar-refractivity contribution is -0.0246. The summed E-state index contributed by atoms with van der Waals surface area (Å²) >= 11 is 0. The fourth-order valence-corrected chi connectivity index (χ4v) is 3.31. The Hall–Kier alpha value is -1.70. The highest BCUT2D eigenvalue weighted by Crippen LogP contribution is 2.49. The van der Waals surface area contributed by atoms with E-state index < -0.39 is 13.0 Å². The molecule has 3 rings (SSSR count). The van der Waals surface area contributed by atoms with Crippen molar-refractivity contribution in [1.29, 1.82) is 0 Å². The summed E-state index contributed by atoms with van der Waals surface area (Å²) in [7, 11) is 0. The highest BCUT2D eigenvalue weighted by molar-refractivity contribution is 5.76. The monoisotopic (exact) mass is 342 g/mol. The van der Waals surface area contributed by atoms with Crippen LogP contribution in [0.25, 0.3) is 0 Å². The Bertz CT molecular complexity index is 586.